The molecule has 21 heavy (non-hydrogen) atoms. The van der Waals surface area contributed by atoms with Crippen LogP contribution in [0.15, 0.2) is 30.3 Å². The molecule has 0 aliphatic rings. The Morgan fingerprint density at radius 2 is 2.05 bits per heavy atom. The molecule has 5 nitrogen and oxygen atoms in total. The molecule has 1 aromatic heterocycles. The standard InChI is InChI=1S/C16H20N4O/c1-3-19(9-10-21)12-16-15(11-17)13(2)18-20(16)14-7-5-4-6-8-14/h4-8,21H,3,9-10,12H2,1-2H3. The number of hydrogen-bond donors (Lipinski definition) is 1. The van der Waals surface area contributed by atoms with E-state index in [2.05, 4.69) is 16.1 Å². The quantitative estimate of drug-likeness (QED) is 0.879. The summed E-state index contributed by atoms with van der Waals surface area (Å²) in [5, 5.41) is 23.0. The Labute approximate surface area is 125 Å². The topological polar surface area (TPSA) is 65.1 Å². The van der Waals surface area contributed by atoms with Crippen LogP contribution in [0.5, 0.6) is 0 Å². The molecule has 5 heteroatoms. The lowest BCUT2D eigenvalue weighted by atomic mass is 10.2. The van der Waals surface area contributed by atoms with Gasteiger partial charge in [0.15, 0.2) is 0 Å². The fourth-order valence-electron chi connectivity index (χ4n) is 2.35. The van der Waals surface area contributed by atoms with Crippen molar-refractivity contribution in [3.05, 3.63) is 47.3 Å². The van der Waals surface area contributed by atoms with Crippen molar-refractivity contribution in [2.24, 2.45) is 0 Å². The first-order valence-electron chi connectivity index (χ1n) is 7.08. The summed E-state index contributed by atoms with van der Waals surface area (Å²) in [5.74, 6) is 0. The molecule has 2 rings (SSSR count). The lowest BCUT2D eigenvalue weighted by molar-refractivity contribution is 0.194. The van der Waals surface area contributed by atoms with Gasteiger partial charge in [0.05, 0.1) is 29.2 Å². The molecule has 0 aliphatic heterocycles. The number of aryl methyl sites for hydroxylation is 1. The average Bonchev–Trinajstić information content (AvgIpc) is 2.83. The van der Waals surface area contributed by atoms with Crippen LogP contribution >= 0.6 is 0 Å². The number of nitrogens with zero attached hydrogens (tertiary/aromatic N) is 4. The smallest absolute Gasteiger partial charge is 0.103 e. The molecule has 0 atom stereocenters. The molecular weight excluding hydrogens is 264 g/mol. The molecule has 1 N–H and O–H groups in total. The van der Waals surface area contributed by atoms with Gasteiger partial charge in [-0.25, -0.2) is 4.68 Å². The minimum absolute atomic E-state index is 0.105. The van der Waals surface area contributed by atoms with E-state index in [0.717, 1.165) is 23.6 Å². The number of aliphatic hydroxyl groups excluding tert-OH is 1. The van der Waals surface area contributed by atoms with Crippen LogP contribution in [-0.4, -0.2) is 39.5 Å². The number of rotatable bonds is 6. The van der Waals surface area contributed by atoms with Crippen LogP contribution < -0.4 is 0 Å². The first kappa shape index (κ1) is 15.2. The van der Waals surface area contributed by atoms with Gasteiger partial charge in [0.1, 0.15) is 6.07 Å². The molecule has 2 aromatic rings. The van der Waals surface area contributed by atoms with E-state index < -0.39 is 0 Å². The summed E-state index contributed by atoms with van der Waals surface area (Å²) < 4.78 is 1.83. The summed E-state index contributed by atoms with van der Waals surface area (Å²) in [6.07, 6.45) is 0. The van der Waals surface area contributed by atoms with Crippen LogP contribution in [0, 0.1) is 18.3 Å². The van der Waals surface area contributed by atoms with Crippen molar-refractivity contribution in [1.82, 2.24) is 14.7 Å². The highest BCUT2D eigenvalue weighted by molar-refractivity contribution is 5.43. The second kappa shape index (κ2) is 7.02. The molecule has 0 saturated carbocycles. The zero-order chi connectivity index (χ0) is 15.2. The number of likely N-dealkylation sites (N-methyl/N-ethyl adjacent to an activating group) is 1. The van der Waals surface area contributed by atoms with Gasteiger partial charge in [-0.15, -0.1) is 0 Å². The van der Waals surface area contributed by atoms with Crippen molar-refractivity contribution in [3.8, 4) is 11.8 Å². The predicted octanol–water partition coefficient (Wildman–Crippen LogP) is 1.87. The Hall–Kier alpha value is -2.16. The van der Waals surface area contributed by atoms with Gasteiger partial charge in [-0.1, -0.05) is 25.1 Å². The van der Waals surface area contributed by atoms with Gasteiger partial charge in [0.25, 0.3) is 0 Å². The first-order valence-corrected chi connectivity index (χ1v) is 7.08. The lowest BCUT2D eigenvalue weighted by Gasteiger charge is -2.20. The number of nitriles is 1. The second-order valence-corrected chi connectivity index (χ2v) is 4.86. The van der Waals surface area contributed by atoms with Gasteiger partial charge >= 0.3 is 0 Å². The third-order valence-electron chi connectivity index (χ3n) is 3.51. The fourth-order valence-corrected chi connectivity index (χ4v) is 2.35. The Kier molecular flexibility index (Phi) is 5.09. The largest absolute Gasteiger partial charge is 0.395 e. The van der Waals surface area contributed by atoms with E-state index in [1.54, 1.807) is 0 Å². The lowest BCUT2D eigenvalue weighted by Crippen LogP contribution is -2.27. The van der Waals surface area contributed by atoms with Crippen molar-refractivity contribution in [1.29, 1.82) is 5.26 Å². The predicted molar refractivity (Wildman–Crippen MR) is 81.1 cm³/mol. The molecule has 0 radical (unpaired) electrons. The van der Waals surface area contributed by atoms with Crippen molar-refractivity contribution < 1.29 is 5.11 Å². The fraction of sp³-hybridized carbons (Fsp3) is 0.375. The monoisotopic (exact) mass is 284 g/mol. The van der Waals surface area contributed by atoms with E-state index in [4.69, 9.17) is 5.11 Å². The van der Waals surface area contributed by atoms with Crippen LogP contribution in [-0.2, 0) is 6.54 Å². The zero-order valence-electron chi connectivity index (χ0n) is 12.5. The molecule has 0 bridgehead atoms. The molecule has 1 heterocycles. The Morgan fingerprint density at radius 1 is 1.33 bits per heavy atom. The van der Waals surface area contributed by atoms with Crippen molar-refractivity contribution in [2.45, 2.75) is 20.4 Å². The van der Waals surface area contributed by atoms with Crippen LogP contribution in [0.3, 0.4) is 0 Å². The Balaban J connectivity index is 2.45. The summed E-state index contributed by atoms with van der Waals surface area (Å²) in [4.78, 5) is 2.09. The maximum absolute atomic E-state index is 9.40. The minimum Gasteiger partial charge on any atom is -0.395 e. The maximum atomic E-state index is 9.40. The molecule has 0 aliphatic carbocycles. The first-order chi connectivity index (χ1) is 10.2. The third kappa shape index (κ3) is 3.30. The van der Waals surface area contributed by atoms with Crippen LogP contribution in [0.4, 0.5) is 0 Å². The van der Waals surface area contributed by atoms with Crippen LogP contribution in [0.1, 0.15) is 23.9 Å². The summed E-state index contributed by atoms with van der Waals surface area (Å²) >= 11 is 0. The van der Waals surface area contributed by atoms with Gasteiger partial charge in [0.2, 0.25) is 0 Å². The molecule has 0 spiro atoms. The van der Waals surface area contributed by atoms with Crippen molar-refractivity contribution in [3.63, 3.8) is 0 Å². The normalized spacial score (nSPS) is 10.8. The highest BCUT2D eigenvalue weighted by Crippen LogP contribution is 2.19. The van der Waals surface area contributed by atoms with Gasteiger partial charge in [-0.3, -0.25) is 4.90 Å². The van der Waals surface area contributed by atoms with Crippen LogP contribution in [0.25, 0.3) is 5.69 Å². The summed E-state index contributed by atoms with van der Waals surface area (Å²) in [5.41, 5.74) is 3.17. The minimum atomic E-state index is 0.105. The highest BCUT2D eigenvalue weighted by atomic mass is 16.3. The zero-order valence-corrected chi connectivity index (χ0v) is 12.5. The number of benzene rings is 1. The number of aliphatic hydroxyl groups is 1. The summed E-state index contributed by atoms with van der Waals surface area (Å²) in [7, 11) is 0. The second-order valence-electron chi connectivity index (χ2n) is 4.86. The third-order valence-corrected chi connectivity index (χ3v) is 3.51. The molecule has 0 unspecified atom stereocenters. The van der Waals surface area contributed by atoms with E-state index in [9.17, 15) is 5.26 Å². The average molecular weight is 284 g/mol. The summed E-state index contributed by atoms with van der Waals surface area (Å²) in [6, 6.07) is 12.1. The van der Waals surface area contributed by atoms with Gasteiger partial charge in [-0.05, 0) is 25.6 Å². The Morgan fingerprint density at radius 3 is 2.62 bits per heavy atom. The highest BCUT2D eigenvalue weighted by Gasteiger charge is 2.18. The molecule has 0 amide bonds. The Bertz CT molecular complexity index is 628. The van der Waals surface area contributed by atoms with Gasteiger partial charge in [0, 0.05) is 13.1 Å². The number of para-hydroxylation sites is 1. The van der Waals surface area contributed by atoms with Gasteiger partial charge < -0.3 is 5.11 Å². The van der Waals surface area contributed by atoms with Crippen LogP contribution in [0.2, 0.25) is 0 Å². The van der Waals surface area contributed by atoms with E-state index in [-0.39, 0.29) is 6.61 Å². The molecule has 0 fully saturated rings. The van der Waals surface area contributed by atoms with E-state index in [1.807, 2.05) is 48.9 Å². The van der Waals surface area contributed by atoms with Gasteiger partial charge in [-0.2, -0.15) is 10.4 Å². The van der Waals surface area contributed by atoms with Crippen molar-refractivity contribution in [2.75, 3.05) is 19.7 Å². The van der Waals surface area contributed by atoms with Crippen molar-refractivity contribution >= 4 is 0 Å². The maximum Gasteiger partial charge on any atom is 0.103 e. The SMILES string of the molecule is CCN(CCO)Cc1c(C#N)c(C)nn1-c1ccccc1. The summed E-state index contributed by atoms with van der Waals surface area (Å²) in [6.45, 7) is 5.98. The molecule has 110 valence electrons. The van der Waals surface area contributed by atoms with E-state index >= 15 is 0 Å². The molecule has 0 saturated heterocycles. The number of hydrogen-bond acceptors (Lipinski definition) is 4. The van der Waals surface area contributed by atoms with E-state index in [1.165, 1.54) is 0 Å². The molecular formula is C16H20N4O. The molecule has 1 aromatic carbocycles. The van der Waals surface area contributed by atoms with E-state index in [0.29, 0.717) is 18.7 Å². The number of aromatic nitrogens is 2.